The second kappa shape index (κ2) is 11.0. The molecule has 2 fully saturated rings. The average Bonchev–Trinajstić information content (AvgIpc) is 3.40. The topological polar surface area (TPSA) is 95.9 Å². The first-order chi connectivity index (χ1) is 19.0. The highest BCUT2D eigenvalue weighted by molar-refractivity contribution is 7.14. The molecule has 0 saturated heterocycles. The van der Waals surface area contributed by atoms with Crippen LogP contribution in [0, 0.1) is 11.8 Å². The van der Waals surface area contributed by atoms with E-state index in [-0.39, 0.29) is 18.4 Å². The largest absolute Gasteiger partial charge is 0.488 e. The van der Waals surface area contributed by atoms with Gasteiger partial charge in [-0.15, -0.1) is 11.3 Å². The Kier molecular flexibility index (Phi) is 7.25. The second-order valence-corrected chi connectivity index (χ2v) is 11.8. The molecule has 6 rings (SSSR count). The van der Waals surface area contributed by atoms with E-state index in [4.69, 9.17) is 9.72 Å². The highest BCUT2D eigenvalue weighted by Crippen LogP contribution is 2.41. The van der Waals surface area contributed by atoms with Gasteiger partial charge in [0.2, 0.25) is 5.91 Å². The third-order valence-electron chi connectivity index (χ3n) is 8.10. The Balaban J connectivity index is 1.29. The van der Waals surface area contributed by atoms with Gasteiger partial charge in [-0.05, 0) is 36.8 Å². The summed E-state index contributed by atoms with van der Waals surface area (Å²) in [7, 11) is 2.01. The lowest BCUT2D eigenvalue weighted by Gasteiger charge is -2.26. The molecule has 1 N–H and O–H groups in total. The summed E-state index contributed by atoms with van der Waals surface area (Å²) in [5.74, 6) is 0.543. The number of amides is 1. The summed E-state index contributed by atoms with van der Waals surface area (Å²) in [4.78, 5) is 39.1. The summed E-state index contributed by atoms with van der Waals surface area (Å²) >= 11 is 1.45. The van der Waals surface area contributed by atoms with Crippen LogP contribution in [0.4, 0.5) is 10.9 Å². The number of likely N-dealkylation sites (N-methyl/N-ethyl adjacent to an activating group) is 1. The summed E-state index contributed by atoms with van der Waals surface area (Å²) in [6.07, 6.45) is 8.76. The van der Waals surface area contributed by atoms with Crippen molar-refractivity contribution in [2.75, 3.05) is 30.0 Å². The van der Waals surface area contributed by atoms with E-state index in [9.17, 15) is 14.7 Å². The molecule has 3 aromatic rings. The normalized spacial score (nSPS) is 17.9. The molecule has 1 aromatic carbocycles. The van der Waals surface area contributed by atoms with E-state index >= 15 is 0 Å². The molecule has 39 heavy (non-hydrogen) atoms. The fourth-order valence-electron chi connectivity index (χ4n) is 5.92. The van der Waals surface area contributed by atoms with E-state index < -0.39 is 11.9 Å². The Labute approximate surface area is 232 Å². The Morgan fingerprint density at radius 3 is 2.69 bits per heavy atom. The molecular formula is C30H34N4O4S. The minimum absolute atomic E-state index is 0.0823. The summed E-state index contributed by atoms with van der Waals surface area (Å²) in [5.41, 5.74) is 3.70. The van der Waals surface area contributed by atoms with Gasteiger partial charge >= 0.3 is 5.97 Å². The molecule has 1 atom stereocenters. The monoisotopic (exact) mass is 546 g/mol. The quantitative estimate of drug-likeness (QED) is 0.359. The highest BCUT2D eigenvalue weighted by Gasteiger charge is 2.40. The number of carboxylic acid groups (broad SMARTS) is 1. The summed E-state index contributed by atoms with van der Waals surface area (Å²) < 4.78 is 5.89. The van der Waals surface area contributed by atoms with Crippen LogP contribution in [-0.4, -0.2) is 53.2 Å². The van der Waals surface area contributed by atoms with Gasteiger partial charge in [-0.25, -0.2) is 9.97 Å². The number of hydrogen-bond acceptors (Lipinski definition) is 7. The number of nitrogens with zero attached hydrogens (tertiary/aromatic N) is 4. The van der Waals surface area contributed by atoms with Crippen molar-refractivity contribution >= 4 is 34.2 Å². The van der Waals surface area contributed by atoms with E-state index in [1.165, 1.54) is 24.2 Å². The van der Waals surface area contributed by atoms with Crippen LogP contribution in [0.15, 0.2) is 41.9 Å². The van der Waals surface area contributed by atoms with E-state index in [1.54, 1.807) is 0 Å². The minimum Gasteiger partial charge on any atom is -0.488 e. The summed E-state index contributed by atoms with van der Waals surface area (Å²) in [5, 5.41) is 12.2. The van der Waals surface area contributed by atoms with Crippen LogP contribution >= 0.6 is 11.3 Å². The molecule has 8 nitrogen and oxygen atoms in total. The number of rotatable bonds is 9. The van der Waals surface area contributed by atoms with Crippen molar-refractivity contribution in [2.45, 2.75) is 57.4 Å². The van der Waals surface area contributed by atoms with Crippen molar-refractivity contribution in [1.29, 1.82) is 0 Å². The molecule has 2 aliphatic carbocycles. The number of carbonyl (C=O) groups is 2. The molecule has 9 heteroatoms. The van der Waals surface area contributed by atoms with Gasteiger partial charge in [0.05, 0.1) is 18.7 Å². The van der Waals surface area contributed by atoms with Gasteiger partial charge in [-0.2, -0.15) is 0 Å². The van der Waals surface area contributed by atoms with Gasteiger partial charge < -0.3 is 14.7 Å². The number of pyridine rings is 1. The molecule has 0 spiro atoms. The van der Waals surface area contributed by atoms with Gasteiger partial charge in [-0.1, -0.05) is 49.9 Å². The van der Waals surface area contributed by atoms with Crippen LogP contribution in [0.1, 0.15) is 51.4 Å². The van der Waals surface area contributed by atoms with E-state index in [1.807, 2.05) is 47.8 Å². The van der Waals surface area contributed by atoms with Gasteiger partial charge in [0, 0.05) is 41.7 Å². The number of carboxylic acids is 1. The zero-order chi connectivity index (χ0) is 26.9. The number of aromatic nitrogens is 2. The van der Waals surface area contributed by atoms with Crippen molar-refractivity contribution in [3.63, 3.8) is 0 Å². The van der Waals surface area contributed by atoms with Crippen molar-refractivity contribution in [3.8, 4) is 28.1 Å². The van der Waals surface area contributed by atoms with Crippen LogP contribution in [-0.2, 0) is 9.59 Å². The first kappa shape index (κ1) is 25.8. The van der Waals surface area contributed by atoms with Crippen molar-refractivity contribution < 1.29 is 19.4 Å². The van der Waals surface area contributed by atoms with Crippen molar-refractivity contribution in [3.05, 3.63) is 41.9 Å². The molecule has 204 valence electrons. The Hall–Kier alpha value is -3.46. The van der Waals surface area contributed by atoms with E-state index in [2.05, 4.69) is 16.0 Å². The van der Waals surface area contributed by atoms with Crippen LogP contribution in [0.3, 0.4) is 0 Å². The zero-order valence-electron chi connectivity index (χ0n) is 22.2. The molecule has 1 amide bonds. The number of benzene rings is 1. The zero-order valence-corrected chi connectivity index (χ0v) is 23.0. The number of carbonyl (C=O) groups excluding carboxylic acids is 1. The number of ether oxygens (including phenoxy) is 1. The fourth-order valence-corrected chi connectivity index (χ4v) is 6.82. The van der Waals surface area contributed by atoms with Gasteiger partial charge in [0.15, 0.2) is 16.7 Å². The standard InChI is InChI=1S/C30H34N4O4S/c1-33-12-13-38-26-15-21(17-31-28(26)33)23-8-4-5-9-24(23)25-18-39-30(32-25)34(22-10-11-22)29(37)20(16-27(35)36)14-19-6-2-3-7-19/h4-5,8-9,15,17-20,22H,2-3,6-7,10-14,16H2,1H3,(H,35,36)/t20-/m1/s1. The fraction of sp³-hybridized carbons (Fsp3) is 0.467. The number of hydrogen-bond donors (Lipinski definition) is 1. The Bertz CT molecular complexity index is 1360. The van der Waals surface area contributed by atoms with Crippen LogP contribution < -0.4 is 14.5 Å². The molecule has 0 bridgehead atoms. The lowest BCUT2D eigenvalue weighted by Crippen LogP contribution is -2.39. The first-order valence-corrected chi connectivity index (χ1v) is 14.8. The predicted octanol–water partition coefficient (Wildman–Crippen LogP) is 5.87. The molecule has 2 saturated carbocycles. The Morgan fingerprint density at radius 1 is 1.18 bits per heavy atom. The lowest BCUT2D eigenvalue weighted by atomic mass is 9.90. The maximum Gasteiger partial charge on any atom is 0.304 e. The number of aliphatic carboxylic acids is 1. The first-order valence-electron chi connectivity index (χ1n) is 13.9. The molecule has 0 radical (unpaired) electrons. The number of thiazole rings is 1. The van der Waals surface area contributed by atoms with Crippen molar-refractivity contribution in [2.24, 2.45) is 11.8 Å². The van der Waals surface area contributed by atoms with Gasteiger partial charge in [0.1, 0.15) is 6.61 Å². The average molecular weight is 547 g/mol. The SMILES string of the molecule is CN1CCOc2cc(-c3ccccc3-c3csc(N(C(=O)[C@@H](CC(=O)O)CC4CCCC4)C4CC4)n3)cnc21. The minimum atomic E-state index is -0.912. The maximum atomic E-state index is 13.8. The molecule has 2 aromatic heterocycles. The summed E-state index contributed by atoms with van der Waals surface area (Å²) in [6.45, 7) is 1.43. The highest BCUT2D eigenvalue weighted by atomic mass is 32.1. The smallest absolute Gasteiger partial charge is 0.304 e. The third-order valence-corrected chi connectivity index (χ3v) is 8.94. The van der Waals surface area contributed by atoms with Crippen LogP contribution in [0.25, 0.3) is 22.4 Å². The number of anilines is 2. The third kappa shape index (κ3) is 5.50. The molecular weight excluding hydrogens is 512 g/mol. The predicted molar refractivity (Wildman–Crippen MR) is 152 cm³/mol. The second-order valence-electron chi connectivity index (χ2n) is 11.0. The lowest BCUT2D eigenvalue weighted by molar-refractivity contribution is -0.141. The molecule has 0 unspecified atom stereocenters. The van der Waals surface area contributed by atoms with Gasteiger partial charge in [-0.3, -0.25) is 14.5 Å². The number of fused-ring (bicyclic) bond motifs is 1. The molecule has 1 aliphatic heterocycles. The van der Waals surface area contributed by atoms with Gasteiger partial charge in [0.25, 0.3) is 0 Å². The van der Waals surface area contributed by atoms with E-state index in [0.717, 1.165) is 66.2 Å². The Morgan fingerprint density at radius 2 is 1.95 bits per heavy atom. The van der Waals surface area contributed by atoms with E-state index in [0.29, 0.717) is 24.1 Å². The molecule has 3 heterocycles. The maximum absolute atomic E-state index is 13.8. The molecule has 3 aliphatic rings. The summed E-state index contributed by atoms with van der Waals surface area (Å²) in [6, 6.07) is 10.2. The van der Waals surface area contributed by atoms with Crippen LogP contribution in [0.2, 0.25) is 0 Å². The van der Waals surface area contributed by atoms with Crippen molar-refractivity contribution in [1.82, 2.24) is 9.97 Å². The van der Waals surface area contributed by atoms with Crippen LogP contribution in [0.5, 0.6) is 5.75 Å².